The Bertz CT molecular complexity index is 121. The zero-order chi connectivity index (χ0) is 7.49. The van der Waals surface area contributed by atoms with E-state index in [1.165, 1.54) is 0 Å². The van der Waals surface area contributed by atoms with Gasteiger partial charge < -0.3 is 4.74 Å². The van der Waals surface area contributed by atoms with Crippen molar-refractivity contribution in [1.29, 1.82) is 0 Å². The first kappa shape index (κ1) is 8.14. The first-order valence-corrected chi connectivity index (χ1v) is 2.63. The smallest absolute Gasteiger partial charge is 0.318 e. The second-order valence-electron chi connectivity index (χ2n) is 2.75. The monoisotopic (exact) mass is 131 g/mol. The molecule has 0 saturated carbocycles. The first-order valence-electron chi connectivity index (χ1n) is 2.63. The normalized spacial score (nSPS) is 10.6. The Kier molecular flexibility index (Phi) is 2.37. The van der Waals surface area contributed by atoms with Gasteiger partial charge in [0, 0.05) is 0 Å². The van der Waals surface area contributed by atoms with Crippen LogP contribution in [0.25, 0.3) is 0 Å². The van der Waals surface area contributed by atoms with Crippen LogP contribution in [0.2, 0.25) is 0 Å². The second-order valence-corrected chi connectivity index (χ2v) is 2.75. The summed E-state index contributed by atoms with van der Waals surface area (Å²) in [7, 11) is 0. The molecule has 0 aromatic heterocycles. The van der Waals surface area contributed by atoms with Crippen molar-refractivity contribution >= 4 is 12.4 Å². The van der Waals surface area contributed by atoms with E-state index < -0.39 is 11.4 Å². The molecule has 0 N–H and O–H groups in total. The van der Waals surface area contributed by atoms with Crippen LogP contribution in [-0.4, -0.2) is 12.4 Å². The molecule has 0 saturated heterocycles. The standard InChI is InChI=1S/C6H10O3/c1-6(2,3)5(8)9-4-7/h4H,1-3H3/i4+1. The van der Waals surface area contributed by atoms with Crippen LogP contribution in [0.1, 0.15) is 20.8 Å². The third kappa shape index (κ3) is 2.85. The molecule has 0 aromatic rings. The summed E-state index contributed by atoms with van der Waals surface area (Å²) < 4.78 is 4.09. The van der Waals surface area contributed by atoms with E-state index in [0.717, 1.165) is 0 Å². The van der Waals surface area contributed by atoms with Gasteiger partial charge >= 0.3 is 12.4 Å². The molecule has 0 unspecified atom stereocenters. The lowest BCUT2D eigenvalue weighted by molar-refractivity contribution is -0.158. The largest absolute Gasteiger partial charge is 0.395 e. The van der Waals surface area contributed by atoms with Crippen LogP contribution in [0.3, 0.4) is 0 Å². The molecule has 0 fully saturated rings. The summed E-state index contributed by atoms with van der Waals surface area (Å²) in [6, 6.07) is 0. The molecule has 0 atom stereocenters. The summed E-state index contributed by atoms with van der Waals surface area (Å²) in [5.74, 6) is -0.502. The van der Waals surface area contributed by atoms with Crippen molar-refractivity contribution in [2.24, 2.45) is 5.41 Å². The van der Waals surface area contributed by atoms with Crippen LogP contribution in [0.5, 0.6) is 0 Å². The van der Waals surface area contributed by atoms with E-state index in [1.807, 2.05) is 0 Å². The molecule has 0 aliphatic heterocycles. The van der Waals surface area contributed by atoms with E-state index in [-0.39, 0.29) is 6.47 Å². The van der Waals surface area contributed by atoms with Crippen molar-refractivity contribution in [3.63, 3.8) is 0 Å². The van der Waals surface area contributed by atoms with Gasteiger partial charge in [0.1, 0.15) is 0 Å². The van der Waals surface area contributed by atoms with Gasteiger partial charge in [-0.25, -0.2) is 0 Å². The number of carbonyl (C=O) groups is 2. The number of hydrogen-bond donors (Lipinski definition) is 0. The Hall–Kier alpha value is -0.860. The van der Waals surface area contributed by atoms with E-state index in [1.54, 1.807) is 20.8 Å². The van der Waals surface area contributed by atoms with E-state index in [9.17, 15) is 9.59 Å². The Morgan fingerprint density at radius 3 is 2.00 bits per heavy atom. The van der Waals surface area contributed by atoms with E-state index in [0.29, 0.717) is 0 Å². The lowest BCUT2D eigenvalue weighted by atomic mass is 9.98. The zero-order valence-electron chi connectivity index (χ0n) is 5.80. The molecule has 0 heterocycles. The van der Waals surface area contributed by atoms with Crippen molar-refractivity contribution in [2.75, 3.05) is 0 Å². The van der Waals surface area contributed by atoms with Crippen molar-refractivity contribution in [1.82, 2.24) is 0 Å². The highest BCUT2D eigenvalue weighted by Crippen LogP contribution is 2.13. The second kappa shape index (κ2) is 2.62. The highest BCUT2D eigenvalue weighted by atomic mass is 16.6. The fraction of sp³-hybridized carbons (Fsp3) is 0.667. The van der Waals surface area contributed by atoms with Gasteiger partial charge in [0.15, 0.2) is 0 Å². The molecule has 0 aliphatic carbocycles. The predicted molar refractivity (Wildman–Crippen MR) is 31.6 cm³/mol. The molecule has 0 radical (unpaired) electrons. The average molecular weight is 131 g/mol. The van der Waals surface area contributed by atoms with Crippen LogP contribution in [-0.2, 0) is 14.3 Å². The maximum absolute atomic E-state index is 10.6. The molecular formula is C6H10O3. The highest BCUT2D eigenvalue weighted by Gasteiger charge is 2.22. The molecular weight excluding hydrogens is 121 g/mol. The Morgan fingerprint density at radius 2 is 1.89 bits per heavy atom. The Morgan fingerprint density at radius 1 is 1.44 bits per heavy atom. The topological polar surface area (TPSA) is 43.4 Å². The zero-order valence-corrected chi connectivity index (χ0v) is 5.80. The van der Waals surface area contributed by atoms with Crippen LogP contribution >= 0.6 is 0 Å². The van der Waals surface area contributed by atoms with Gasteiger partial charge in [0.05, 0.1) is 5.41 Å². The highest BCUT2D eigenvalue weighted by molar-refractivity contribution is 5.80. The number of hydrogen-bond acceptors (Lipinski definition) is 3. The lowest BCUT2D eigenvalue weighted by Crippen LogP contribution is -2.22. The molecule has 52 valence electrons. The van der Waals surface area contributed by atoms with Crippen LogP contribution in [0.15, 0.2) is 0 Å². The number of carbonyl (C=O) groups excluding carboxylic acids is 2. The van der Waals surface area contributed by atoms with Gasteiger partial charge in [-0.2, -0.15) is 0 Å². The van der Waals surface area contributed by atoms with Gasteiger partial charge in [-0.1, -0.05) is 0 Å². The minimum Gasteiger partial charge on any atom is -0.395 e. The van der Waals surface area contributed by atoms with Crippen molar-refractivity contribution in [3.8, 4) is 0 Å². The number of esters is 1. The van der Waals surface area contributed by atoms with Gasteiger partial charge in [-0.05, 0) is 20.8 Å². The SMILES string of the molecule is CC(C)(C)C(=O)O[13CH]=O. The maximum Gasteiger partial charge on any atom is 0.318 e. The van der Waals surface area contributed by atoms with Gasteiger partial charge in [0.2, 0.25) is 0 Å². The van der Waals surface area contributed by atoms with Crippen molar-refractivity contribution < 1.29 is 14.3 Å². The van der Waals surface area contributed by atoms with E-state index in [4.69, 9.17) is 0 Å². The molecule has 0 rings (SSSR count). The van der Waals surface area contributed by atoms with Crippen LogP contribution in [0.4, 0.5) is 0 Å². The van der Waals surface area contributed by atoms with Crippen LogP contribution < -0.4 is 0 Å². The Labute approximate surface area is 54.0 Å². The lowest BCUT2D eigenvalue weighted by Gasteiger charge is -2.12. The molecule has 0 spiro atoms. The summed E-state index contributed by atoms with van der Waals surface area (Å²) in [6.07, 6.45) is 0. The van der Waals surface area contributed by atoms with Crippen molar-refractivity contribution in [3.05, 3.63) is 0 Å². The molecule has 3 heteroatoms. The molecule has 0 bridgehead atoms. The third-order valence-corrected chi connectivity index (χ3v) is 0.768. The van der Waals surface area contributed by atoms with Crippen molar-refractivity contribution in [2.45, 2.75) is 20.8 Å². The van der Waals surface area contributed by atoms with Crippen LogP contribution in [0, 0.1) is 5.41 Å². The third-order valence-electron chi connectivity index (χ3n) is 0.768. The average Bonchev–Trinajstić information content (AvgIpc) is 1.64. The summed E-state index contributed by atoms with van der Waals surface area (Å²) in [5.41, 5.74) is -0.582. The molecule has 9 heavy (non-hydrogen) atoms. The molecule has 0 amide bonds. The molecule has 0 aliphatic rings. The minimum atomic E-state index is -0.582. The van der Waals surface area contributed by atoms with E-state index in [2.05, 4.69) is 4.74 Å². The minimum absolute atomic E-state index is 0.146. The van der Waals surface area contributed by atoms with Gasteiger partial charge in [0.25, 0.3) is 0 Å². The number of ether oxygens (including phenoxy) is 1. The fourth-order valence-electron chi connectivity index (χ4n) is 0.220. The van der Waals surface area contributed by atoms with Gasteiger partial charge in [-0.15, -0.1) is 0 Å². The van der Waals surface area contributed by atoms with Gasteiger partial charge in [-0.3, -0.25) is 9.59 Å². The first-order chi connectivity index (χ1) is 3.98. The summed E-state index contributed by atoms with van der Waals surface area (Å²) in [4.78, 5) is 20.2. The summed E-state index contributed by atoms with van der Waals surface area (Å²) in [5, 5.41) is 0. The molecule has 3 nitrogen and oxygen atoms in total. The quantitative estimate of drug-likeness (QED) is 0.228. The Balaban J connectivity index is 3.88. The fourth-order valence-corrected chi connectivity index (χ4v) is 0.220. The summed E-state index contributed by atoms with van der Waals surface area (Å²) >= 11 is 0. The summed E-state index contributed by atoms with van der Waals surface area (Å²) in [6.45, 7) is 5.18. The molecule has 0 aromatic carbocycles. The number of rotatable bonds is 1. The predicted octanol–water partition coefficient (Wildman–Crippen LogP) is 0.732. The van der Waals surface area contributed by atoms with E-state index >= 15 is 0 Å². The maximum atomic E-state index is 10.6.